The number of nitrogens with zero attached hydrogens (tertiary/aromatic N) is 3. The number of hydrogen-bond acceptors (Lipinski definition) is 7. The van der Waals surface area contributed by atoms with E-state index in [0.29, 0.717) is 22.2 Å². The van der Waals surface area contributed by atoms with Crippen molar-refractivity contribution >= 4 is 22.4 Å². The van der Waals surface area contributed by atoms with Crippen LogP contribution in [0.3, 0.4) is 0 Å². The van der Waals surface area contributed by atoms with Gasteiger partial charge in [-0.1, -0.05) is 0 Å². The van der Waals surface area contributed by atoms with E-state index in [4.69, 9.17) is 16.2 Å². The van der Waals surface area contributed by atoms with Crippen LogP contribution in [0.1, 0.15) is 0 Å². The Morgan fingerprint density at radius 1 is 1.19 bits per heavy atom. The largest absolute Gasteiger partial charge is 0.478 e. The first-order chi connectivity index (χ1) is 10.1. The van der Waals surface area contributed by atoms with E-state index in [1.165, 1.54) is 13.3 Å². The molecule has 106 valence electrons. The van der Waals surface area contributed by atoms with Gasteiger partial charge in [-0.15, -0.1) is 0 Å². The van der Waals surface area contributed by atoms with Crippen LogP contribution < -0.4 is 21.8 Å². The van der Waals surface area contributed by atoms with Gasteiger partial charge < -0.3 is 21.2 Å². The van der Waals surface area contributed by atoms with Crippen molar-refractivity contribution in [2.45, 2.75) is 0 Å². The maximum absolute atomic E-state index is 11.8. The zero-order valence-electron chi connectivity index (χ0n) is 11.1. The molecular formula is C13H12N6O2. The lowest BCUT2D eigenvalue weighted by Crippen LogP contribution is -2.09. The number of methoxy groups -OCH3 is 1. The number of aromatic amines is 1. The van der Waals surface area contributed by atoms with E-state index in [9.17, 15) is 4.79 Å². The lowest BCUT2D eigenvalue weighted by Gasteiger charge is -2.07. The van der Waals surface area contributed by atoms with Crippen molar-refractivity contribution in [2.24, 2.45) is 0 Å². The fourth-order valence-corrected chi connectivity index (χ4v) is 2.03. The minimum absolute atomic E-state index is 0.127. The van der Waals surface area contributed by atoms with Crippen molar-refractivity contribution in [2.75, 3.05) is 18.6 Å². The number of ether oxygens (including phenoxy) is 1. The topological polar surface area (TPSA) is 133 Å². The predicted molar refractivity (Wildman–Crippen MR) is 78.8 cm³/mol. The quantitative estimate of drug-likeness (QED) is 0.625. The molecule has 0 saturated carbocycles. The molecule has 0 aliphatic rings. The SMILES string of the molecule is COc1nc(-c2cc3cc[nH]c(=O)c3c(N)n2)cnc1N. The lowest BCUT2D eigenvalue weighted by molar-refractivity contribution is 0.399. The number of H-pyrrole nitrogens is 1. The second-order valence-electron chi connectivity index (χ2n) is 4.31. The Morgan fingerprint density at radius 2 is 2.00 bits per heavy atom. The molecule has 0 amide bonds. The average Bonchev–Trinajstić information content (AvgIpc) is 2.47. The number of nitrogens with two attached hydrogens (primary N) is 2. The fraction of sp³-hybridized carbons (Fsp3) is 0.0769. The van der Waals surface area contributed by atoms with Gasteiger partial charge >= 0.3 is 0 Å². The van der Waals surface area contributed by atoms with Crippen molar-refractivity contribution in [1.82, 2.24) is 19.9 Å². The van der Waals surface area contributed by atoms with Gasteiger partial charge in [0, 0.05) is 6.20 Å². The number of hydrogen-bond donors (Lipinski definition) is 3. The third-order valence-corrected chi connectivity index (χ3v) is 3.01. The third-order valence-electron chi connectivity index (χ3n) is 3.01. The molecule has 0 aliphatic heterocycles. The smallest absolute Gasteiger partial charge is 0.259 e. The van der Waals surface area contributed by atoms with Crippen molar-refractivity contribution in [3.05, 3.63) is 34.9 Å². The zero-order chi connectivity index (χ0) is 15.0. The van der Waals surface area contributed by atoms with Gasteiger partial charge in [-0.05, 0) is 17.5 Å². The Morgan fingerprint density at radius 3 is 2.76 bits per heavy atom. The highest BCUT2D eigenvalue weighted by molar-refractivity contribution is 5.92. The first kappa shape index (κ1) is 12.9. The molecule has 8 heteroatoms. The molecule has 3 aromatic rings. The van der Waals surface area contributed by atoms with Crippen LogP contribution in [-0.4, -0.2) is 27.0 Å². The van der Waals surface area contributed by atoms with Gasteiger partial charge in [0.25, 0.3) is 11.4 Å². The van der Waals surface area contributed by atoms with Gasteiger partial charge in [0.2, 0.25) is 0 Å². The molecule has 0 fully saturated rings. The number of aromatic nitrogens is 4. The maximum Gasteiger partial charge on any atom is 0.259 e. The summed E-state index contributed by atoms with van der Waals surface area (Å²) in [5.74, 6) is 0.521. The van der Waals surface area contributed by atoms with Crippen molar-refractivity contribution in [3.8, 4) is 17.3 Å². The Labute approximate surface area is 118 Å². The number of pyridine rings is 2. The highest BCUT2D eigenvalue weighted by atomic mass is 16.5. The van der Waals surface area contributed by atoms with E-state index >= 15 is 0 Å². The van der Waals surface area contributed by atoms with E-state index in [1.54, 1.807) is 18.3 Å². The van der Waals surface area contributed by atoms with Crippen LogP contribution in [0, 0.1) is 0 Å². The second-order valence-corrected chi connectivity index (χ2v) is 4.31. The number of anilines is 2. The van der Waals surface area contributed by atoms with E-state index in [2.05, 4.69) is 19.9 Å². The molecule has 8 nitrogen and oxygen atoms in total. The van der Waals surface area contributed by atoms with Gasteiger partial charge in [0.1, 0.15) is 11.5 Å². The minimum Gasteiger partial charge on any atom is -0.478 e. The minimum atomic E-state index is -0.287. The second kappa shape index (κ2) is 4.75. The molecule has 0 saturated heterocycles. The van der Waals surface area contributed by atoms with E-state index in [-0.39, 0.29) is 23.1 Å². The number of nitrogens with one attached hydrogen (secondary N) is 1. The van der Waals surface area contributed by atoms with Crippen LogP contribution in [0.2, 0.25) is 0 Å². The summed E-state index contributed by atoms with van der Waals surface area (Å²) < 4.78 is 5.03. The van der Waals surface area contributed by atoms with Gasteiger partial charge in [0.15, 0.2) is 5.82 Å². The summed E-state index contributed by atoms with van der Waals surface area (Å²) in [5, 5.41) is 1.01. The molecule has 0 bridgehead atoms. The van der Waals surface area contributed by atoms with Crippen LogP contribution in [-0.2, 0) is 0 Å². The third kappa shape index (κ3) is 2.12. The molecule has 0 aliphatic carbocycles. The first-order valence-electron chi connectivity index (χ1n) is 6.05. The van der Waals surface area contributed by atoms with Gasteiger partial charge in [0.05, 0.1) is 24.4 Å². The molecular weight excluding hydrogens is 272 g/mol. The summed E-state index contributed by atoms with van der Waals surface area (Å²) in [6.07, 6.45) is 3.02. The fourth-order valence-electron chi connectivity index (χ4n) is 2.03. The number of fused-ring (bicyclic) bond motifs is 1. The standard InChI is InChI=1S/C13H12N6O2/c1-21-13-11(15)17-5-8(19-13)7-4-6-2-3-16-12(20)9(6)10(14)18-7/h2-5H,1H3,(H2,14,18)(H2,15,17)(H,16,20). The summed E-state index contributed by atoms with van der Waals surface area (Å²) in [7, 11) is 1.45. The maximum atomic E-state index is 11.8. The van der Waals surface area contributed by atoms with Crippen molar-refractivity contribution in [3.63, 3.8) is 0 Å². The van der Waals surface area contributed by atoms with Crippen LogP contribution in [0.5, 0.6) is 5.88 Å². The Bertz CT molecular complexity index is 889. The predicted octanol–water partition coefficient (Wildman–Crippen LogP) is 0.553. The van der Waals surface area contributed by atoms with Gasteiger partial charge in [-0.2, -0.15) is 0 Å². The van der Waals surface area contributed by atoms with E-state index in [1.807, 2.05) is 0 Å². The van der Waals surface area contributed by atoms with Crippen molar-refractivity contribution in [1.29, 1.82) is 0 Å². The van der Waals surface area contributed by atoms with E-state index in [0.717, 1.165) is 0 Å². The monoisotopic (exact) mass is 284 g/mol. The Balaban J connectivity index is 2.24. The summed E-state index contributed by atoms with van der Waals surface area (Å²) in [5.41, 5.74) is 12.1. The first-order valence-corrected chi connectivity index (χ1v) is 6.05. The highest BCUT2D eigenvalue weighted by Gasteiger charge is 2.11. The summed E-state index contributed by atoms with van der Waals surface area (Å²) in [6.45, 7) is 0. The Kier molecular flexibility index (Phi) is 2.90. The number of nitrogen functional groups attached to an aromatic ring is 2. The molecule has 3 rings (SSSR count). The summed E-state index contributed by atoms with van der Waals surface area (Å²) in [4.78, 5) is 26.7. The highest BCUT2D eigenvalue weighted by Crippen LogP contribution is 2.25. The molecule has 3 aromatic heterocycles. The Hall–Kier alpha value is -3.16. The lowest BCUT2D eigenvalue weighted by atomic mass is 10.1. The van der Waals surface area contributed by atoms with Crippen LogP contribution in [0.25, 0.3) is 22.2 Å². The van der Waals surface area contributed by atoms with E-state index < -0.39 is 0 Å². The average molecular weight is 284 g/mol. The van der Waals surface area contributed by atoms with Gasteiger partial charge in [-0.25, -0.2) is 15.0 Å². The summed E-state index contributed by atoms with van der Waals surface area (Å²) in [6, 6.07) is 3.45. The van der Waals surface area contributed by atoms with Crippen LogP contribution >= 0.6 is 0 Å². The molecule has 5 N–H and O–H groups in total. The zero-order valence-corrected chi connectivity index (χ0v) is 11.1. The molecule has 3 heterocycles. The molecule has 21 heavy (non-hydrogen) atoms. The van der Waals surface area contributed by atoms with Crippen LogP contribution in [0.4, 0.5) is 11.6 Å². The number of rotatable bonds is 2. The molecule has 0 atom stereocenters. The normalized spacial score (nSPS) is 10.7. The van der Waals surface area contributed by atoms with Crippen molar-refractivity contribution < 1.29 is 4.74 Å². The molecule has 0 radical (unpaired) electrons. The molecule has 0 unspecified atom stereocenters. The summed E-state index contributed by atoms with van der Waals surface area (Å²) >= 11 is 0. The van der Waals surface area contributed by atoms with Crippen LogP contribution in [0.15, 0.2) is 29.3 Å². The molecule has 0 aromatic carbocycles. The van der Waals surface area contributed by atoms with Gasteiger partial charge in [-0.3, -0.25) is 4.79 Å². The molecule has 0 spiro atoms.